The fourth-order valence-corrected chi connectivity index (χ4v) is 3.47. The second-order valence-electron chi connectivity index (χ2n) is 6.45. The van der Waals surface area contributed by atoms with Crippen LogP contribution in [-0.2, 0) is 9.53 Å². The normalized spacial score (nSPS) is 27.6. The van der Waals surface area contributed by atoms with E-state index in [0.717, 1.165) is 17.8 Å². The van der Waals surface area contributed by atoms with Crippen LogP contribution in [0.4, 0.5) is 11.8 Å². The second-order valence-corrected chi connectivity index (χ2v) is 6.45. The van der Waals surface area contributed by atoms with Crippen molar-refractivity contribution in [2.75, 3.05) is 50.2 Å². The number of aromatic nitrogens is 2. The number of hydrogen-bond donors (Lipinski definition) is 1. The molecule has 0 bridgehead atoms. The Kier molecular flexibility index (Phi) is 3.68. The first-order chi connectivity index (χ1) is 10.4. The van der Waals surface area contributed by atoms with Crippen LogP contribution in [0.2, 0.25) is 0 Å². The minimum atomic E-state index is -0.829. The van der Waals surface area contributed by atoms with Crippen LogP contribution in [-0.4, -0.2) is 61.4 Å². The Hall–Kier alpha value is -1.89. The van der Waals surface area contributed by atoms with Gasteiger partial charge in [-0.25, -0.2) is 4.98 Å². The Morgan fingerprint density at radius 1 is 1.55 bits per heavy atom. The molecule has 2 saturated heterocycles. The van der Waals surface area contributed by atoms with Gasteiger partial charge in [0.05, 0.1) is 6.61 Å². The number of hydrogen-bond acceptors (Lipinski definition) is 6. The summed E-state index contributed by atoms with van der Waals surface area (Å²) in [5.41, 5.74) is 0.173. The maximum absolute atomic E-state index is 11.8. The largest absolute Gasteiger partial charge is 0.481 e. The average molecular weight is 306 g/mol. The van der Waals surface area contributed by atoms with Crippen molar-refractivity contribution in [3.8, 4) is 0 Å². The SMILES string of the molecule is Cc1cnc(N2C[C@@H]3CCOC[C@]3(C(=O)O)C2)nc1N(C)C. The van der Waals surface area contributed by atoms with E-state index >= 15 is 0 Å². The second kappa shape index (κ2) is 5.39. The summed E-state index contributed by atoms with van der Waals surface area (Å²) in [5, 5.41) is 9.70. The maximum atomic E-state index is 11.8. The maximum Gasteiger partial charge on any atom is 0.314 e. The van der Waals surface area contributed by atoms with Crippen molar-refractivity contribution in [3.63, 3.8) is 0 Å². The topological polar surface area (TPSA) is 78.8 Å². The van der Waals surface area contributed by atoms with Crippen LogP contribution < -0.4 is 9.80 Å². The van der Waals surface area contributed by atoms with Gasteiger partial charge in [0.2, 0.25) is 5.95 Å². The standard InChI is InChI=1S/C15H22N4O3/c1-10-6-16-14(17-12(10)18(2)3)19-7-11-4-5-22-9-15(11,8-19)13(20)21/h6,11H,4-5,7-9H2,1-3H3,(H,20,21)/t11-,15+/m0/s1. The van der Waals surface area contributed by atoms with Gasteiger partial charge in [0.25, 0.3) is 0 Å². The average Bonchev–Trinajstić information content (AvgIpc) is 2.88. The Morgan fingerprint density at radius 2 is 2.32 bits per heavy atom. The zero-order valence-electron chi connectivity index (χ0n) is 13.2. The van der Waals surface area contributed by atoms with Crippen LogP contribution in [0.5, 0.6) is 0 Å². The van der Waals surface area contributed by atoms with Crippen molar-refractivity contribution in [2.45, 2.75) is 13.3 Å². The molecule has 2 fully saturated rings. The number of aliphatic carboxylic acids is 1. The summed E-state index contributed by atoms with van der Waals surface area (Å²) in [6.07, 6.45) is 2.57. The molecule has 0 aliphatic carbocycles. The number of aryl methyl sites for hydroxylation is 1. The van der Waals surface area contributed by atoms with E-state index in [-0.39, 0.29) is 12.5 Å². The summed E-state index contributed by atoms with van der Waals surface area (Å²) in [6, 6.07) is 0. The molecule has 0 aromatic carbocycles. The van der Waals surface area contributed by atoms with Gasteiger partial charge in [-0.1, -0.05) is 0 Å². The van der Waals surface area contributed by atoms with Crippen LogP contribution >= 0.6 is 0 Å². The lowest BCUT2D eigenvalue weighted by Crippen LogP contribution is -2.46. The lowest BCUT2D eigenvalue weighted by Gasteiger charge is -2.33. The van der Waals surface area contributed by atoms with Crippen molar-refractivity contribution in [2.24, 2.45) is 11.3 Å². The molecule has 2 aliphatic rings. The van der Waals surface area contributed by atoms with Crippen molar-refractivity contribution in [1.82, 2.24) is 9.97 Å². The van der Waals surface area contributed by atoms with E-state index in [1.54, 1.807) is 6.20 Å². The van der Waals surface area contributed by atoms with Crippen molar-refractivity contribution >= 4 is 17.7 Å². The van der Waals surface area contributed by atoms with E-state index < -0.39 is 11.4 Å². The Morgan fingerprint density at radius 3 is 2.95 bits per heavy atom. The summed E-state index contributed by atoms with van der Waals surface area (Å²) < 4.78 is 5.46. The number of carbonyl (C=O) groups is 1. The lowest BCUT2D eigenvalue weighted by molar-refractivity contribution is -0.159. The lowest BCUT2D eigenvalue weighted by atomic mass is 9.76. The molecule has 0 unspecified atom stereocenters. The molecule has 0 saturated carbocycles. The van der Waals surface area contributed by atoms with E-state index in [2.05, 4.69) is 9.97 Å². The predicted molar refractivity (Wildman–Crippen MR) is 82.3 cm³/mol. The number of anilines is 2. The van der Waals surface area contributed by atoms with Gasteiger partial charge >= 0.3 is 5.97 Å². The summed E-state index contributed by atoms with van der Waals surface area (Å²) in [7, 11) is 3.88. The highest BCUT2D eigenvalue weighted by molar-refractivity contribution is 5.77. The first kappa shape index (κ1) is 15.0. The molecule has 0 spiro atoms. The molecule has 7 heteroatoms. The molecule has 120 valence electrons. The fourth-order valence-electron chi connectivity index (χ4n) is 3.47. The predicted octanol–water partition coefficient (Wildman–Crippen LogP) is 0.779. The first-order valence-electron chi connectivity index (χ1n) is 7.51. The first-order valence-corrected chi connectivity index (χ1v) is 7.51. The van der Waals surface area contributed by atoms with Crippen molar-refractivity contribution in [3.05, 3.63) is 11.8 Å². The van der Waals surface area contributed by atoms with Gasteiger partial charge in [-0.3, -0.25) is 4.79 Å². The van der Waals surface area contributed by atoms with E-state index in [0.29, 0.717) is 25.6 Å². The zero-order chi connectivity index (χ0) is 15.9. The van der Waals surface area contributed by atoms with Gasteiger partial charge in [0.1, 0.15) is 11.2 Å². The van der Waals surface area contributed by atoms with Crippen LogP contribution in [0.3, 0.4) is 0 Å². The molecule has 1 aromatic heterocycles. The highest BCUT2D eigenvalue weighted by atomic mass is 16.5. The number of nitrogens with zero attached hydrogens (tertiary/aromatic N) is 4. The smallest absolute Gasteiger partial charge is 0.314 e. The molecule has 1 N–H and O–H groups in total. The number of carboxylic acid groups (broad SMARTS) is 1. The highest BCUT2D eigenvalue weighted by Gasteiger charge is 2.54. The Bertz CT molecular complexity index is 592. The summed E-state index contributed by atoms with van der Waals surface area (Å²) in [5.74, 6) is 0.774. The number of carboxylic acids is 1. The molecular weight excluding hydrogens is 284 g/mol. The van der Waals surface area contributed by atoms with Gasteiger partial charge in [0.15, 0.2) is 0 Å². The molecular formula is C15H22N4O3. The van der Waals surface area contributed by atoms with Crippen LogP contribution in [0, 0.1) is 18.3 Å². The molecule has 1 aromatic rings. The molecule has 2 atom stereocenters. The summed E-state index contributed by atoms with van der Waals surface area (Å²) in [6.45, 7) is 3.95. The molecule has 3 rings (SSSR count). The van der Waals surface area contributed by atoms with Gasteiger partial charge in [0, 0.05) is 45.6 Å². The highest BCUT2D eigenvalue weighted by Crippen LogP contribution is 2.42. The van der Waals surface area contributed by atoms with E-state index in [1.165, 1.54) is 0 Å². The minimum Gasteiger partial charge on any atom is -0.481 e. The molecule has 3 heterocycles. The molecule has 0 radical (unpaired) electrons. The number of ether oxygens (including phenoxy) is 1. The number of fused-ring (bicyclic) bond motifs is 1. The van der Waals surface area contributed by atoms with E-state index in [1.807, 2.05) is 30.8 Å². The van der Waals surface area contributed by atoms with Crippen LogP contribution in [0.15, 0.2) is 6.20 Å². The molecule has 0 amide bonds. The third kappa shape index (κ3) is 2.29. The molecule has 22 heavy (non-hydrogen) atoms. The Labute approximate surface area is 129 Å². The van der Waals surface area contributed by atoms with Gasteiger partial charge in [-0.05, 0) is 19.3 Å². The van der Waals surface area contributed by atoms with E-state index in [9.17, 15) is 9.90 Å². The molecule has 2 aliphatic heterocycles. The van der Waals surface area contributed by atoms with Gasteiger partial charge in [-0.15, -0.1) is 0 Å². The van der Waals surface area contributed by atoms with E-state index in [4.69, 9.17) is 4.74 Å². The summed E-state index contributed by atoms with van der Waals surface area (Å²) in [4.78, 5) is 24.8. The van der Waals surface area contributed by atoms with Crippen LogP contribution in [0.25, 0.3) is 0 Å². The van der Waals surface area contributed by atoms with Crippen molar-refractivity contribution < 1.29 is 14.6 Å². The monoisotopic (exact) mass is 306 g/mol. The quantitative estimate of drug-likeness (QED) is 0.884. The molecule has 7 nitrogen and oxygen atoms in total. The van der Waals surface area contributed by atoms with Crippen molar-refractivity contribution in [1.29, 1.82) is 0 Å². The van der Waals surface area contributed by atoms with Gasteiger partial charge in [-0.2, -0.15) is 4.98 Å². The fraction of sp³-hybridized carbons (Fsp3) is 0.667. The zero-order valence-corrected chi connectivity index (χ0v) is 13.2. The number of rotatable bonds is 3. The third-order valence-electron chi connectivity index (χ3n) is 4.73. The minimum absolute atomic E-state index is 0.0893. The third-order valence-corrected chi connectivity index (χ3v) is 4.73. The van der Waals surface area contributed by atoms with Gasteiger partial charge < -0.3 is 19.6 Å². The Balaban J connectivity index is 1.91. The summed E-state index contributed by atoms with van der Waals surface area (Å²) >= 11 is 0. The van der Waals surface area contributed by atoms with Crippen LogP contribution in [0.1, 0.15) is 12.0 Å².